The number of aliphatic carboxylic acids is 1. The smallest absolute Gasteiger partial charge is 0.303 e. The highest BCUT2D eigenvalue weighted by Crippen LogP contribution is 2.09. The SMILES string of the molecule is Cc1cccnc1N/C=C(/C#N)C(=O)NCCCCCC(=O)O. The highest BCUT2D eigenvalue weighted by atomic mass is 16.4. The Hall–Kier alpha value is -2.88. The van der Waals surface area contributed by atoms with Crippen LogP contribution in [0, 0.1) is 18.3 Å². The van der Waals surface area contributed by atoms with Gasteiger partial charge >= 0.3 is 5.97 Å². The van der Waals surface area contributed by atoms with E-state index in [2.05, 4.69) is 15.6 Å². The maximum Gasteiger partial charge on any atom is 0.303 e. The minimum atomic E-state index is -0.820. The number of aryl methyl sites for hydroxylation is 1. The Balaban J connectivity index is 2.40. The minimum absolute atomic E-state index is 0.0411. The Morgan fingerprint density at radius 3 is 2.83 bits per heavy atom. The highest BCUT2D eigenvalue weighted by molar-refractivity contribution is 5.97. The number of aromatic nitrogens is 1. The average molecular weight is 316 g/mol. The Bertz CT molecular complexity index is 620. The summed E-state index contributed by atoms with van der Waals surface area (Å²) < 4.78 is 0. The summed E-state index contributed by atoms with van der Waals surface area (Å²) in [5.74, 6) is -0.701. The van der Waals surface area contributed by atoms with E-state index in [0.717, 1.165) is 5.56 Å². The van der Waals surface area contributed by atoms with Gasteiger partial charge in [0, 0.05) is 25.4 Å². The van der Waals surface area contributed by atoms with Gasteiger partial charge < -0.3 is 15.7 Å². The molecule has 0 spiro atoms. The zero-order valence-electron chi connectivity index (χ0n) is 13.0. The Morgan fingerprint density at radius 1 is 1.39 bits per heavy atom. The standard InChI is InChI=1S/C16H20N4O3/c1-12-6-5-9-18-15(12)20-11-13(10-17)16(23)19-8-4-2-3-7-14(21)22/h5-6,9,11H,2-4,7-8H2,1H3,(H,18,20)(H,19,23)(H,21,22)/b13-11-. The van der Waals surface area contributed by atoms with Crippen LogP contribution in [0.4, 0.5) is 5.82 Å². The molecule has 0 aliphatic rings. The summed E-state index contributed by atoms with van der Waals surface area (Å²) in [4.78, 5) is 26.3. The zero-order chi connectivity index (χ0) is 17.1. The van der Waals surface area contributed by atoms with Gasteiger partial charge in [-0.2, -0.15) is 5.26 Å². The number of nitrogens with zero attached hydrogens (tertiary/aromatic N) is 2. The van der Waals surface area contributed by atoms with Crippen molar-refractivity contribution in [2.45, 2.75) is 32.6 Å². The third kappa shape index (κ3) is 7.09. The molecule has 0 aromatic carbocycles. The maximum atomic E-state index is 11.9. The summed E-state index contributed by atoms with van der Waals surface area (Å²) in [6.45, 7) is 2.27. The van der Waals surface area contributed by atoms with Crippen molar-refractivity contribution in [1.82, 2.24) is 10.3 Å². The van der Waals surface area contributed by atoms with Gasteiger partial charge in [-0.15, -0.1) is 0 Å². The molecular formula is C16H20N4O3. The average Bonchev–Trinajstić information content (AvgIpc) is 2.52. The van der Waals surface area contributed by atoms with Gasteiger partial charge in [0.2, 0.25) is 0 Å². The molecule has 1 aromatic rings. The van der Waals surface area contributed by atoms with Crippen LogP contribution >= 0.6 is 0 Å². The van der Waals surface area contributed by atoms with E-state index in [9.17, 15) is 9.59 Å². The molecule has 0 fully saturated rings. The van der Waals surface area contributed by atoms with E-state index in [4.69, 9.17) is 10.4 Å². The zero-order valence-corrected chi connectivity index (χ0v) is 13.0. The lowest BCUT2D eigenvalue weighted by Crippen LogP contribution is -2.26. The number of carbonyl (C=O) groups excluding carboxylic acids is 1. The molecule has 122 valence electrons. The summed E-state index contributed by atoms with van der Waals surface area (Å²) in [7, 11) is 0. The number of amides is 1. The second-order valence-electron chi connectivity index (χ2n) is 4.94. The van der Waals surface area contributed by atoms with Crippen LogP contribution in [0.1, 0.15) is 31.2 Å². The second kappa shape index (κ2) is 9.95. The first-order valence-corrected chi connectivity index (χ1v) is 7.33. The van der Waals surface area contributed by atoms with Crippen molar-refractivity contribution in [2.24, 2.45) is 0 Å². The van der Waals surface area contributed by atoms with E-state index in [1.807, 2.05) is 19.1 Å². The van der Waals surface area contributed by atoms with E-state index in [-0.39, 0.29) is 12.0 Å². The van der Waals surface area contributed by atoms with E-state index < -0.39 is 11.9 Å². The first kappa shape index (κ1) is 18.2. The lowest BCUT2D eigenvalue weighted by Gasteiger charge is -2.06. The number of carboxylic acid groups (broad SMARTS) is 1. The lowest BCUT2D eigenvalue weighted by atomic mass is 10.2. The quantitative estimate of drug-likeness (QED) is 0.364. The second-order valence-corrected chi connectivity index (χ2v) is 4.94. The van der Waals surface area contributed by atoms with Crippen LogP contribution in [-0.4, -0.2) is 28.5 Å². The van der Waals surface area contributed by atoms with Gasteiger partial charge in [0.25, 0.3) is 5.91 Å². The Kier molecular flexibility index (Phi) is 7.86. The molecule has 1 aromatic heterocycles. The number of unbranched alkanes of at least 4 members (excludes halogenated alkanes) is 2. The summed E-state index contributed by atoms with van der Waals surface area (Å²) in [6, 6.07) is 5.51. The molecule has 0 saturated carbocycles. The molecule has 0 radical (unpaired) electrons. The summed E-state index contributed by atoms with van der Waals surface area (Å²) in [6.07, 6.45) is 5.03. The fourth-order valence-corrected chi connectivity index (χ4v) is 1.80. The molecule has 1 heterocycles. The number of rotatable bonds is 9. The van der Waals surface area contributed by atoms with Gasteiger partial charge in [0.1, 0.15) is 17.5 Å². The highest BCUT2D eigenvalue weighted by Gasteiger charge is 2.08. The third-order valence-electron chi connectivity index (χ3n) is 3.08. The van der Waals surface area contributed by atoms with Crippen molar-refractivity contribution in [3.8, 4) is 6.07 Å². The van der Waals surface area contributed by atoms with Gasteiger partial charge in [-0.05, 0) is 31.4 Å². The van der Waals surface area contributed by atoms with E-state index >= 15 is 0 Å². The minimum Gasteiger partial charge on any atom is -0.481 e. The van der Waals surface area contributed by atoms with Crippen LogP contribution in [0.15, 0.2) is 30.1 Å². The van der Waals surface area contributed by atoms with E-state index in [1.54, 1.807) is 12.3 Å². The molecule has 7 heteroatoms. The molecule has 1 rings (SSSR count). The molecule has 0 bridgehead atoms. The van der Waals surface area contributed by atoms with Crippen LogP contribution in [0.2, 0.25) is 0 Å². The number of nitrogens with one attached hydrogen (secondary N) is 2. The van der Waals surface area contributed by atoms with Gasteiger partial charge in [0.05, 0.1) is 0 Å². The predicted octanol–water partition coefficient (Wildman–Crippen LogP) is 1.97. The fourth-order valence-electron chi connectivity index (χ4n) is 1.80. The number of carboxylic acids is 1. The van der Waals surface area contributed by atoms with Crippen molar-refractivity contribution >= 4 is 17.7 Å². The molecule has 23 heavy (non-hydrogen) atoms. The van der Waals surface area contributed by atoms with Gasteiger partial charge in [0.15, 0.2) is 0 Å². The summed E-state index contributed by atoms with van der Waals surface area (Å²) >= 11 is 0. The first-order chi connectivity index (χ1) is 11.0. The molecule has 7 nitrogen and oxygen atoms in total. The van der Waals surface area contributed by atoms with Crippen LogP contribution in [0.5, 0.6) is 0 Å². The number of anilines is 1. The van der Waals surface area contributed by atoms with Crippen molar-refractivity contribution < 1.29 is 14.7 Å². The monoisotopic (exact) mass is 316 g/mol. The molecule has 3 N–H and O–H groups in total. The molecule has 0 saturated heterocycles. The van der Waals surface area contributed by atoms with Crippen LogP contribution in [0.3, 0.4) is 0 Å². The lowest BCUT2D eigenvalue weighted by molar-refractivity contribution is -0.137. The maximum absolute atomic E-state index is 11.9. The Labute approximate surface area is 135 Å². The number of hydrogen-bond acceptors (Lipinski definition) is 5. The molecule has 0 unspecified atom stereocenters. The molecule has 0 aliphatic heterocycles. The number of pyridine rings is 1. The normalized spacial score (nSPS) is 10.7. The van der Waals surface area contributed by atoms with Crippen molar-refractivity contribution in [3.05, 3.63) is 35.7 Å². The molecule has 0 aliphatic carbocycles. The van der Waals surface area contributed by atoms with Crippen LogP contribution in [-0.2, 0) is 9.59 Å². The van der Waals surface area contributed by atoms with Gasteiger partial charge in [-0.25, -0.2) is 4.98 Å². The largest absolute Gasteiger partial charge is 0.481 e. The van der Waals surface area contributed by atoms with Crippen LogP contribution < -0.4 is 10.6 Å². The predicted molar refractivity (Wildman–Crippen MR) is 85.4 cm³/mol. The first-order valence-electron chi connectivity index (χ1n) is 7.33. The Morgan fingerprint density at radius 2 is 2.17 bits per heavy atom. The molecule has 1 amide bonds. The molecule has 0 atom stereocenters. The van der Waals surface area contributed by atoms with Crippen molar-refractivity contribution in [3.63, 3.8) is 0 Å². The summed E-state index contributed by atoms with van der Waals surface area (Å²) in [5.41, 5.74) is 0.862. The number of hydrogen-bond donors (Lipinski definition) is 3. The third-order valence-corrected chi connectivity index (χ3v) is 3.08. The van der Waals surface area contributed by atoms with Crippen molar-refractivity contribution in [1.29, 1.82) is 5.26 Å². The van der Waals surface area contributed by atoms with Gasteiger partial charge in [-0.1, -0.05) is 12.5 Å². The van der Waals surface area contributed by atoms with Gasteiger partial charge in [-0.3, -0.25) is 9.59 Å². The summed E-state index contributed by atoms with van der Waals surface area (Å²) in [5, 5.41) is 23.0. The van der Waals surface area contributed by atoms with Crippen molar-refractivity contribution in [2.75, 3.05) is 11.9 Å². The fraction of sp³-hybridized carbons (Fsp3) is 0.375. The van der Waals surface area contributed by atoms with E-state index in [0.29, 0.717) is 31.6 Å². The number of carbonyl (C=O) groups is 2. The molecular weight excluding hydrogens is 296 g/mol. The van der Waals surface area contributed by atoms with Crippen LogP contribution in [0.25, 0.3) is 0 Å². The van der Waals surface area contributed by atoms with E-state index in [1.165, 1.54) is 6.20 Å². The topological polar surface area (TPSA) is 115 Å². The number of nitriles is 1.